The minimum absolute atomic E-state index is 0.142. The van der Waals surface area contributed by atoms with E-state index < -0.39 is 44.4 Å². The summed E-state index contributed by atoms with van der Waals surface area (Å²) in [6.07, 6.45) is 0.765. The molecule has 0 fully saturated rings. The second kappa shape index (κ2) is 9.05. The zero-order valence-electron chi connectivity index (χ0n) is 15.2. The van der Waals surface area contributed by atoms with Crippen molar-refractivity contribution in [2.75, 3.05) is 6.61 Å². The normalized spacial score (nSPS) is 10.6. The van der Waals surface area contributed by atoms with Crippen molar-refractivity contribution in [2.45, 2.75) is 6.92 Å². The standard InChI is InChI=1S/C16H13N5O9/c1-9-2-3-14(12(4-9)20(26)27)30-8-15(22)18-17-7-10-5-11(19(24)25)6-13(16(10)23)21(28)29/h2-7,23H,8H2,1H3,(H,18,22)/b17-7+. The highest BCUT2D eigenvalue weighted by Gasteiger charge is 2.23. The number of phenols is 1. The van der Waals surface area contributed by atoms with Crippen LogP contribution in [0.15, 0.2) is 35.4 Å². The zero-order chi connectivity index (χ0) is 22.4. The molecule has 14 nitrogen and oxygen atoms in total. The summed E-state index contributed by atoms with van der Waals surface area (Å²) in [6.45, 7) is 0.994. The summed E-state index contributed by atoms with van der Waals surface area (Å²) in [5.74, 6) is -1.87. The van der Waals surface area contributed by atoms with Crippen molar-refractivity contribution >= 4 is 29.2 Å². The third-order valence-corrected chi connectivity index (χ3v) is 3.57. The van der Waals surface area contributed by atoms with Crippen LogP contribution in [0.5, 0.6) is 11.5 Å². The number of aryl methyl sites for hydroxylation is 1. The minimum atomic E-state index is -1.01. The van der Waals surface area contributed by atoms with E-state index in [0.29, 0.717) is 11.6 Å². The van der Waals surface area contributed by atoms with Gasteiger partial charge in [0.2, 0.25) is 5.75 Å². The highest BCUT2D eigenvalue weighted by Crippen LogP contribution is 2.33. The zero-order valence-corrected chi connectivity index (χ0v) is 15.2. The lowest BCUT2D eigenvalue weighted by atomic mass is 10.1. The number of nitro groups is 3. The van der Waals surface area contributed by atoms with Crippen LogP contribution in [0.4, 0.5) is 17.1 Å². The van der Waals surface area contributed by atoms with Crippen molar-refractivity contribution in [3.8, 4) is 11.5 Å². The first-order valence-corrected chi connectivity index (χ1v) is 7.95. The molecule has 2 N–H and O–H groups in total. The average Bonchev–Trinajstić information content (AvgIpc) is 2.67. The van der Waals surface area contributed by atoms with Gasteiger partial charge in [0.05, 0.1) is 32.6 Å². The Morgan fingerprint density at radius 1 is 1.10 bits per heavy atom. The van der Waals surface area contributed by atoms with Gasteiger partial charge >= 0.3 is 11.4 Å². The van der Waals surface area contributed by atoms with Gasteiger partial charge in [0, 0.05) is 12.1 Å². The van der Waals surface area contributed by atoms with Crippen molar-refractivity contribution in [1.82, 2.24) is 5.43 Å². The molecule has 2 aromatic rings. The molecule has 0 aliphatic carbocycles. The Morgan fingerprint density at radius 3 is 2.37 bits per heavy atom. The molecule has 0 unspecified atom stereocenters. The Kier molecular flexibility index (Phi) is 6.54. The average molecular weight is 419 g/mol. The molecule has 0 heterocycles. The number of benzene rings is 2. The number of rotatable bonds is 8. The Bertz CT molecular complexity index is 1070. The van der Waals surface area contributed by atoms with Gasteiger partial charge in [-0.25, -0.2) is 5.43 Å². The quantitative estimate of drug-likeness (QED) is 0.364. The number of nitro benzene ring substituents is 3. The number of nitrogens with one attached hydrogen (secondary N) is 1. The predicted octanol–water partition coefficient (Wildman–Crippen LogP) is 1.95. The predicted molar refractivity (Wildman–Crippen MR) is 100 cm³/mol. The van der Waals surface area contributed by atoms with Crippen molar-refractivity contribution in [3.05, 3.63) is 71.8 Å². The molecule has 2 rings (SSSR count). The van der Waals surface area contributed by atoms with E-state index in [-0.39, 0.29) is 17.0 Å². The molecular formula is C16H13N5O9. The summed E-state index contributed by atoms with van der Waals surface area (Å²) in [6, 6.07) is 5.54. The second-order valence-corrected chi connectivity index (χ2v) is 5.73. The maximum absolute atomic E-state index is 11.8. The summed E-state index contributed by atoms with van der Waals surface area (Å²) in [5, 5.41) is 46.0. The fourth-order valence-electron chi connectivity index (χ4n) is 2.21. The number of hydrogen-bond acceptors (Lipinski definition) is 10. The molecule has 0 saturated carbocycles. The van der Waals surface area contributed by atoms with Crippen LogP contribution in [0.1, 0.15) is 11.1 Å². The van der Waals surface area contributed by atoms with Crippen LogP contribution in [0, 0.1) is 37.3 Å². The van der Waals surface area contributed by atoms with Crippen LogP contribution in [-0.4, -0.2) is 38.6 Å². The first-order valence-electron chi connectivity index (χ1n) is 7.95. The molecule has 0 radical (unpaired) electrons. The molecule has 0 aromatic heterocycles. The van der Waals surface area contributed by atoms with E-state index in [2.05, 4.69) is 5.10 Å². The molecule has 0 atom stereocenters. The number of carbonyl (C=O) groups excluding carboxylic acids is 1. The smallest absolute Gasteiger partial charge is 0.318 e. The van der Waals surface area contributed by atoms with Gasteiger partial charge < -0.3 is 9.84 Å². The van der Waals surface area contributed by atoms with Gasteiger partial charge in [0.15, 0.2) is 12.4 Å². The highest BCUT2D eigenvalue weighted by atomic mass is 16.6. The van der Waals surface area contributed by atoms with Gasteiger partial charge in [-0.05, 0) is 18.6 Å². The van der Waals surface area contributed by atoms with Gasteiger partial charge in [-0.15, -0.1) is 0 Å². The van der Waals surface area contributed by atoms with Gasteiger partial charge in [-0.1, -0.05) is 6.07 Å². The largest absolute Gasteiger partial charge is 0.502 e. The molecular weight excluding hydrogens is 406 g/mol. The number of hydrazone groups is 1. The van der Waals surface area contributed by atoms with Crippen LogP contribution < -0.4 is 10.2 Å². The third kappa shape index (κ3) is 5.22. The lowest BCUT2D eigenvalue weighted by Gasteiger charge is -2.06. The molecule has 30 heavy (non-hydrogen) atoms. The molecule has 0 saturated heterocycles. The lowest BCUT2D eigenvalue weighted by molar-refractivity contribution is -0.394. The van der Waals surface area contributed by atoms with E-state index in [9.17, 15) is 40.2 Å². The van der Waals surface area contributed by atoms with Crippen molar-refractivity contribution in [1.29, 1.82) is 0 Å². The minimum Gasteiger partial charge on any atom is -0.502 e. The summed E-state index contributed by atoms with van der Waals surface area (Å²) in [5.41, 5.74) is 0.299. The number of amides is 1. The maximum Gasteiger partial charge on any atom is 0.318 e. The van der Waals surface area contributed by atoms with Gasteiger partial charge in [0.1, 0.15) is 0 Å². The van der Waals surface area contributed by atoms with Crippen LogP contribution in [0.3, 0.4) is 0 Å². The summed E-state index contributed by atoms with van der Waals surface area (Å²) in [7, 11) is 0. The number of aromatic hydroxyl groups is 1. The third-order valence-electron chi connectivity index (χ3n) is 3.57. The van der Waals surface area contributed by atoms with Gasteiger partial charge in [0.25, 0.3) is 11.6 Å². The maximum atomic E-state index is 11.8. The molecule has 0 spiro atoms. The van der Waals surface area contributed by atoms with E-state index >= 15 is 0 Å². The van der Waals surface area contributed by atoms with Crippen LogP contribution in [-0.2, 0) is 4.79 Å². The number of phenolic OH excluding ortho intramolecular Hbond substituents is 1. The van der Waals surface area contributed by atoms with Gasteiger partial charge in [-0.3, -0.25) is 35.1 Å². The van der Waals surface area contributed by atoms with E-state index in [1.807, 2.05) is 5.43 Å². The molecule has 1 amide bonds. The first kappa shape index (κ1) is 21.7. The summed E-state index contributed by atoms with van der Waals surface area (Å²) >= 11 is 0. The number of hydrogen-bond donors (Lipinski definition) is 2. The summed E-state index contributed by atoms with van der Waals surface area (Å²) in [4.78, 5) is 42.0. The molecule has 14 heteroatoms. The Labute approximate surface area is 166 Å². The number of non-ortho nitro benzene ring substituents is 1. The van der Waals surface area contributed by atoms with Gasteiger partial charge in [-0.2, -0.15) is 5.10 Å². The molecule has 0 aliphatic heterocycles. The monoisotopic (exact) mass is 419 g/mol. The Hall–Kier alpha value is -4.62. The van der Waals surface area contributed by atoms with E-state index in [1.165, 1.54) is 12.1 Å². The van der Waals surface area contributed by atoms with E-state index in [0.717, 1.165) is 12.3 Å². The highest BCUT2D eigenvalue weighted by molar-refractivity contribution is 5.88. The topological polar surface area (TPSA) is 200 Å². The molecule has 0 bridgehead atoms. The number of ether oxygens (including phenoxy) is 1. The first-order chi connectivity index (χ1) is 14.1. The molecule has 2 aromatic carbocycles. The van der Waals surface area contributed by atoms with Crippen LogP contribution >= 0.6 is 0 Å². The Balaban J connectivity index is 2.09. The number of carbonyl (C=O) groups is 1. The Morgan fingerprint density at radius 2 is 1.77 bits per heavy atom. The van der Waals surface area contributed by atoms with Crippen molar-refractivity contribution in [2.24, 2.45) is 5.10 Å². The van der Waals surface area contributed by atoms with Crippen molar-refractivity contribution in [3.63, 3.8) is 0 Å². The molecule has 0 aliphatic rings. The second-order valence-electron chi connectivity index (χ2n) is 5.73. The fraction of sp³-hybridized carbons (Fsp3) is 0.125. The van der Waals surface area contributed by atoms with E-state index in [4.69, 9.17) is 4.74 Å². The SMILES string of the molecule is Cc1ccc(OCC(=O)N/N=C/c2cc([N+](=O)[O-])cc([N+](=O)[O-])c2O)c([N+](=O)[O-])c1. The molecule has 156 valence electrons. The lowest BCUT2D eigenvalue weighted by Crippen LogP contribution is -2.24. The van der Waals surface area contributed by atoms with Crippen molar-refractivity contribution < 1.29 is 29.4 Å². The summed E-state index contributed by atoms with van der Waals surface area (Å²) < 4.78 is 5.09. The van der Waals surface area contributed by atoms with E-state index in [1.54, 1.807) is 13.0 Å². The number of nitrogens with zero attached hydrogens (tertiary/aromatic N) is 4. The fourth-order valence-corrected chi connectivity index (χ4v) is 2.21. The van der Waals surface area contributed by atoms with Crippen LogP contribution in [0.25, 0.3) is 0 Å². The van der Waals surface area contributed by atoms with Crippen LogP contribution in [0.2, 0.25) is 0 Å².